The summed E-state index contributed by atoms with van der Waals surface area (Å²) < 4.78 is 0. The zero-order valence-corrected chi connectivity index (χ0v) is 12.6. The van der Waals surface area contributed by atoms with Gasteiger partial charge in [0.2, 0.25) is 11.8 Å². The Morgan fingerprint density at radius 3 is 2.75 bits per heavy atom. The van der Waals surface area contributed by atoms with Crippen molar-refractivity contribution in [1.29, 1.82) is 0 Å². The van der Waals surface area contributed by atoms with Crippen LogP contribution < -0.4 is 0 Å². The van der Waals surface area contributed by atoms with Gasteiger partial charge in [-0.3, -0.25) is 9.59 Å². The predicted molar refractivity (Wildman–Crippen MR) is 75.1 cm³/mol. The van der Waals surface area contributed by atoms with Crippen molar-refractivity contribution >= 4 is 29.5 Å². The first kappa shape index (κ1) is 15.2. The van der Waals surface area contributed by atoms with Gasteiger partial charge in [0.15, 0.2) is 0 Å². The molecule has 1 N–H and O–H groups in total. The van der Waals surface area contributed by atoms with Gasteiger partial charge in [0, 0.05) is 25.3 Å². The van der Waals surface area contributed by atoms with Crippen LogP contribution in [0.25, 0.3) is 0 Å². The normalized spacial score (nSPS) is 26.6. The zero-order chi connectivity index (χ0) is 14.9. The molecule has 0 radical (unpaired) electrons. The van der Waals surface area contributed by atoms with Crippen LogP contribution in [-0.4, -0.2) is 63.5 Å². The Morgan fingerprint density at radius 1 is 1.45 bits per heavy atom. The van der Waals surface area contributed by atoms with Crippen molar-refractivity contribution in [2.75, 3.05) is 24.7 Å². The van der Waals surface area contributed by atoms with E-state index in [9.17, 15) is 14.4 Å². The smallest absolute Gasteiger partial charge is 0.327 e. The predicted octanol–water partition coefficient (Wildman–Crippen LogP) is 0.477. The Balaban J connectivity index is 2.00. The second kappa shape index (κ2) is 6.03. The van der Waals surface area contributed by atoms with Crippen LogP contribution >= 0.6 is 11.8 Å². The zero-order valence-electron chi connectivity index (χ0n) is 11.7. The SMILES string of the molecule is CC(C)CN1CC(C(=O)N2CSCC2C(=O)O)CC1=O. The molecule has 0 saturated carbocycles. The van der Waals surface area contributed by atoms with E-state index in [0.717, 1.165) is 0 Å². The number of carboxylic acids is 1. The van der Waals surface area contributed by atoms with Gasteiger partial charge in [0.05, 0.1) is 11.8 Å². The molecule has 2 aliphatic rings. The van der Waals surface area contributed by atoms with Gasteiger partial charge < -0.3 is 14.9 Å². The quantitative estimate of drug-likeness (QED) is 0.817. The van der Waals surface area contributed by atoms with Crippen molar-refractivity contribution in [1.82, 2.24) is 9.80 Å². The third kappa shape index (κ3) is 3.08. The molecule has 2 atom stereocenters. The molecule has 2 rings (SSSR count). The Morgan fingerprint density at radius 2 is 2.15 bits per heavy atom. The minimum Gasteiger partial charge on any atom is -0.480 e. The van der Waals surface area contributed by atoms with Gasteiger partial charge >= 0.3 is 5.97 Å². The molecule has 6 nitrogen and oxygen atoms in total. The van der Waals surface area contributed by atoms with Crippen molar-refractivity contribution in [3.8, 4) is 0 Å². The van der Waals surface area contributed by atoms with E-state index < -0.39 is 12.0 Å². The molecule has 0 spiro atoms. The average molecular weight is 300 g/mol. The van der Waals surface area contributed by atoms with Gasteiger partial charge in [-0.15, -0.1) is 11.8 Å². The molecule has 2 aliphatic heterocycles. The number of carbonyl (C=O) groups is 3. The summed E-state index contributed by atoms with van der Waals surface area (Å²) in [5.74, 6) is -0.351. The van der Waals surface area contributed by atoms with Gasteiger partial charge in [-0.25, -0.2) is 4.79 Å². The number of likely N-dealkylation sites (tertiary alicyclic amines) is 1. The lowest BCUT2D eigenvalue weighted by Crippen LogP contribution is -2.45. The lowest BCUT2D eigenvalue weighted by atomic mass is 10.1. The number of rotatable bonds is 4. The molecule has 20 heavy (non-hydrogen) atoms. The van der Waals surface area contributed by atoms with Crippen LogP contribution in [0.3, 0.4) is 0 Å². The van der Waals surface area contributed by atoms with Gasteiger partial charge in [0.1, 0.15) is 6.04 Å². The van der Waals surface area contributed by atoms with E-state index in [-0.39, 0.29) is 24.2 Å². The van der Waals surface area contributed by atoms with Crippen molar-refractivity contribution in [3.05, 3.63) is 0 Å². The molecule has 7 heteroatoms. The topological polar surface area (TPSA) is 77.9 Å². The molecular weight excluding hydrogens is 280 g/mol. The highest BCUT2D eigenvalue weighted by molar-refractivity contribution is 7.99. The molecule has 2 heterocycles. The molecule has 0 aromatic rings. The first-order chi connectivity index (χ1) is 9.40. The Hall–Kier alpha value is -1.24. The van der Waals surface area contributed by atoms with Crippen LogP contribution in [0, 0.1) is 11.8 Å². The van der Waals surface area contributed by atoms with Crippen LogP contribution in [0.5, 0.6) is 0 Å². The van der Waals surface area contributed by atoms with Gasteiger partial charge in [-0.05, 0) is 5.92 Å². The van der Waals surface area contributed by atoms with Crippen molar-refractivity contribution < 1.29 is 19.5 Å². The largest absolute Gasteiger partial charge is 0.480 e. The van der Waals surface area contributed by atoms with Crippen LogP contribution in [-0.2, 0) is 14.4 Å². The Bertz CT molecular complexity index is 427. The number of carboxylic acid groups (broad SMARTS) is 1. The van der Waals surface area contributed by atoms with Crippen molar-refractivity contribution in [3.63, 3.8) is 0 Å². The summed E-state index contributed by atoms with van der Waals surface area (Å²) in [5, 5.41) is 9.11. The monoisotopic (exact) mass is 300 g/mol. The van der Waals surface area contributed by atoms with E-state index in [1.165, 1.54) is 16.7 Å². The summed E-state index contributed by atoms with van der Waals surface area (Å²) in [7, 11) is 0. The summed E-state index contributed by atoms with van der Waals surface area (Å²) in [5.41, 5.74) is 0. The first-order valence-corrected chi connectivity index (χ1v) is 7.94. The highest BCUT2D eigenvalue weighted by atomic mass is 32.2. The van der Waals surface area contributed by atoms with Crippen molar-refractivity contribution in [2.45, 2.75) is 26.3 Å². The van der Waals surface area contributed by atoms with E-state index in [2.05, 4.69) is 0 Å². The second-order valence-electron chi connectivity index (χ2n) is 5.76. The number of thioether (sulfide) groups is 1. The fourth-order valence-electron chi connectivity index (χ4n) is 2.65. The summed E-state index contributed by atoms with van der Waals surface area (Å²) >= 11 is 1.44. The third-order valence-electron chi connectivity index (χ3n) is 3.60. The van der Waals surface area contributed by atoms with Crippen LogP contribution in [0.2, 0.25) is 0 Å². The molecule has 2 fully saturated rings. The van der Waals surface area contributed by atoms with Gasteiger partial charge in [-0.2, -0.15) is 0 Å². The number of aliphatic carboxylic acids is 1. The molecular formula is C13H20N2O4S. The number of hydrogen-bond acceptors (Lipinski definition) is 4. The first-order valence-electron chi connectivity index (χ1n) is 6.79. The minimum absolute atomic E-state index is 0.00391. The van der Waals surface area contributed by atoms with E-state index in [4.69, 9.17) is 5.11 Å². The average Bonchev–Trinajstić information content (AvgIpc) is 2.95. The maximum absolute atomic E-state index is 12.4. The number of nitrogens with zero attached hydrogens (tertiary/aromatic N) is 2. The van der Waals surface area contributed by atoms with Crippen LogP contribution in [0.4, 0.5) is 0 Å². The van der Waals surface area contributed by atoms with E-state index in [0.29, 0.717) is 30.6 Å². The summed E-state index contributed by atoms with van der Waals surface area (Å²) in [4.78, 5) is 38.5. The molecule has 2 saturated heterocycles. The molecule has 112 valence electrons. The van der Waals surface area contributed by atoms with Crippen LogP contribution in [0.15, 0.2) is 0 Å². The fraction of sp³-hybridized carbons (Fsp3) is 0.769. The van der Waals surface area contributed by atoms with Gasteiger partial charge in [0.25, 0.3) is 0 Å². The second-order valence-corrected chi connectivity index (χ2v) is 6.76. The molecule has 0 aromatic heterocycles. The maximum atomic E-state index is 12.4. The highest BCUT2D eigenvalue weighted by Gasteiger charge is 2.42. The molecule has 2 amide bonds. The molecule has 2 unspecified atom stereocenters. The Kier molecular flexibility index (Phi) is 4.57. The lowest BCUT2D eigenvalue weighted by molar-refractivity contribution is -0.149. The molecule has 0 aromatic carbocycles. The number of carbonyl (C=O) groups excluding carboxylic acids is 2. The van der Waals surface area contributed by atoms with Crippen molar-refractivity contribution in [2.24, 2.45) is 11.8 Å². The highest BCUT2D eigenvalue weighted by Crippen LogP contribution is 2.27. The van der Waals surface area contributed by atoms with E-state index in [1.807, 2.05) is 13.8 Å². The fourth-order valence-corrected chi connectivity index (χ4v) is 3.81. The van der Waals surface area contributed by atoms with Gasteiger partial charge in [-0.1, -0.05) is 13.8 Å². The summed E-state index contributed by atoms with van der Waals surface area (Å²) in [6.07, 6.45) is 0.207. The summed E-state index contributed by atoms with van der Waals surface area (Å²) in [6.45, 7) is 5.13. The third-order valence-corrected chi connectivity index (χ3v) is 4.61. The molecule has 0 bridgehead atoms. The van der Waals surface area contributed by atoms with E-state index in [1.54, 1.807) is 4.90 Å². The number of amides is 2. The Labute approximate surface area is 122 Å². The minimum atomic E-state index is -0.966. The lowest BCUT2D eigenvalue weighted by Gasteiger charge is -2.24. The standard InChI is InChI=1S/C13H20N2O4S/c1-8(2)4-14-5-9(3-11(14)16)12(17)15-7-20-6-10(15)13(18)19/h8-10H,3-7H2,1-2H3,(H,18,19). The van der Waals surface area contributed by atoms with E-state index >= 15 is 0 Å². The molecule has 0 aliphatic carbocycles. The number of hydrogen-bond donors (Lipinski definition) is 1. The van der Waals surface area contributed by atoms with Crippen LogP contribution in [0.1, 0.15) is 20.3 Å². The maximum Gasteiger partial charge on any atom is 0.327 e. The summed E-state index contributed by atoms with van der Waals surface area (Å²) in [6, 6.07) is -0.748.